The van der Waals surface area contributed by atoms with Crippen LogP contribution in [-0.4, -0.2) is 33.7 Å². The first kappa shape index (κ1) is 10.9. The van der Waals surface area contributed by atoms with Crippen molar-refractivity contribution in [3.8, 4) is 0 Å². The van der Waals surface area contributed by atoms with Gasteiger partial charge in [0.05, 0.1) is 0 Å². The number of rotatable bonds is 5. The fourth-order valence-electron chi connectivity index (χ4n) is 0.559. The van der Waals surface area contributed by atoms with E-state index in [0.717, 1.165) is 0 Å². The van der Waals surface area contributed by atoms with Gasteiger partial charge in [0, 0.05) is 12.3 Å². The maximum Gasteiger partial charge on any atom is 0.322 e. The van der Waals surface area contributed by atoms with Crippen LogP contribution in [0.15, 0.2) is 12.7 Å². The van der Waals surface area contributed by atoms with Gasteiger partial charge in [0.1, 0.15) is 6.04 Å². The van der Waals surface area contributed by atoms with Crippen molar-refractivity contribution in [2.45, 2.75) is 6.04 Å². The maximum absolute atomic E-state index is 10.5. The van der Waals surface area contributed by atoms with Gasteiger partial charge in [-0.05, 0) is 0 Å². The average molecular weight is 193 g/mol. The zero-order valence-corrected chi connectivity index (χ0v) is 7.76. The molecular formula is C6H11NO2S2. The third-order valence-electron chi connectivity index (χ3n) is 1.13. The molecule has 0 spiro atoms. The molecule has 0 aromatic rings. The van der Waals surface area contributed by atoms with E-state index in [1.54, 1.807) is 6.08 Å². The van der Waals surface area contributed by atoms with Crippen LogP contribution in [-0.2, 0) is 4.79 Å². The second-order valence-electron chi connectivity index (χ2n) is 1.95. The predicted octanol–water partition coefficient (Wildman–Crippen LogP) is 0.702. The lowest BCUT2D eigenvalue weighted by molar-refractivity contribution is -0.140. The van der Waals surface area contributed by atoms with Crippen LogP contribution in [0.4, 0.5) is 0 Å². The van der Waals surface area contributed by atoms with E-state index in [2.05, 4.69) is 32.0 Å². The Labute approximate surface area is 77.0 Å². The molecule has 1 N–H and O–H groups in total. The Bertz CT molecular complexity index is 152. The Kier molecular flexibility index (Phi) is 5.45. The number of hydrogen-bond acceptors (Lipinski definition) is 4. The molecule has 5 heteroatoms. The molecule has 1 atom stereocenters. The second kappa shape index (κ2) is 5.51. The lowest BCUT2D eigenvalue weighted by Crippen LogP contribution is -2.36. The van der Waals surface area contributed by atoms with Crippen LogP contribution >= 0.6 is 25.4 Å². The first-order chi connectivity index (χ1) is 5.13. The second-order valence-corrected chi connectivity index (χ2v) is 2.83. The van der Waals surface area contributed by atoms with Gasteiger partial charge in [-0.15, -0.1) is 6.58 Å². The van der Waals surface area contributed by atoms with Crippen molar-refractivity contribution in [3.63, 3.8) is 0 Å². The number of carbonyl (C=O) groups is 1. The van der Waals surface area contributed by atoms with Crippen LogP contribution in [0, 0.1) is 0 Å². The zero-order chi connectivity index (χ0) is 8.85. The summed E-state index contributed by atoms with van der Waals surface area (Å²) < 4.78 is 1.38. The summed E-state index contributed by atoms with van der Waals surface area (Å²) in [5, 5.41) is 8.60. The molecule has 0 saturated heterocycles. The molecule has 0 aromatic carbocycles. The molecule has 0 bridgehead atoms. The molecule has 0 unspecified atom stereocenters. The fraction of sp³-hybridized carbons (Fsp3) is 0.500. The van der Waals surface area contributed by atoms with E-state index in [4.69, 9.17) is 5.11 Å². The number of thiol groups is 2. The Hall–Kier alpha value is -0.130. The minimum absolute atomic E-state index is 0.243. The van der Waals surface area contributed by atoms with Gasteiger partial charge in [0.25, 0.3) is 0 Å². The van der Waals surface area contributed by atoms with Gasteiger partial charge in [-0.25, -0.2) is 4.31 Å². The van der Waals surface area contributed by atoms with Gasteiger partial charge in [-0.1, -0.05) is 18.9 Å². The molecule has 0 amide bonds. The van der Waals surface area contributed by atoms with E-state index >= 15 is 0 Å². The van der Waals surface area contributed by atoms with Crippen molar-refractivity contribution >= 4 is 31.4 Å². The van der Waals surface area contributed by atoms with E-state index in [1.807, 2.05) is 0 Å². The summed E-state index contributed by atoms with van der Waals surface area (Å²) in [6, 6.07) is -0.653. The van der Waals surface area contributed by atoms with Gasteiger partial charge in [0.2, 0.25) is 0 Å². The van der Waals surface area contributed by atoms with Gasteiger partial charge >= 0.3 is 5.97 Å². The number of hydrogen-bond donors (Lipinski definition) is 3. The third kappa shape index (κ3) is 3.69. The molecular weight excluding hydrogens is 182 g/mol. The molecule has 0 rings (SSSR count). The lowest BCUT2D eigenvalue weighted by atomic mass is 10.3. The molecule has 0 aliphatic carbocycles. The SMILES string of the molecule is C=CCN(S)[C@@H](CS)C(=O)O. The fourth-order valence-corrected chi connectivity index (χ4v) is 1.34. The highest BCUT2D eigenvalue weighted by Gasteiger charge is 2.20. The van der Waals surface area contributed by atoms with E-state index in [1.165, 1.54) is 4.31 Å². The first-order valence-electron chi connectivity index (χ1n) is 3.03. The smallest absolute Gasteiger partial charge is 0.322 e. The molecule has 0 radical (unpaired) electrons. The van der Waals surface area contributed by atoms with Crippen molar-refractivity contribution in [3.05, 3.63) is 12.7 Å². The Morgan fingerprint density at radius 3 is 2.64 bits per heavy atom. The van der Waals surface area contributed by atoms with Gasteiger partial charge in [0.15, 0.2) is 0 Å². The monoisotopic (exact) mass is 193 g/mol. The van der Waals surface area contributed by atoms with Crippen LogP contribution in [0.1, 0.15) is 0 Å². The van der Waals surface area contributed by atoms with Gasteiger partial charge < -0.3 is 5.11 Å². The lowest BCUT2D eigenvalue weighted by Gasteiger charge is -2.19. The van der Waals surface area contributed by atoms with E-state index < -0.39 is 12.0 Å². The molecule has 0 saturated carbocycles. The molecule has 0 aliphatic rings. The highest BCUT2D eigenvalue weighted by atomic mass is 32.1. The van der Waals surface area contributed by atoms with E-state index in [-0.39, 0.29) is 5.75 Å². The first-order valence-corrected chi connectivity index (χ1v) is 4.06. The molecule has 3 nitrogen and oxygen atoms in total. The highest BCUT2D eigenvalue weighted by molar-refractivity contribution is 7.80. The summed E-state index contributed by atoms with van der Waals surface area (Å²) in [4.78, 5) is 10.5. The van der Waals surface area contributed by atoms with Crippen molar-refractivity contribution in [1.82, 2.24) is 4.31 Å². The summed E-state index contributed by atoms with van der Waals surface area (Å²) in [6.45, 7) is 3.90. The van der Waals surface area contributed by atoms with E-state index in [9.17, 15) is 4.79 Å². The highest BCUT2D eigenvalue weighted by Crippen LogP contribution is 2.04. The molecule has 0 fully saturated rings. The van der Waals surface area contributed by atoms with Crippen molar-refractivity contribution < 1.29 is 9.90 Å². The largest absolute Gasteiger partial charge is 0.480 e. The molecule has 0 aromatic heterocycles. The van der Waals surface area contributed by atoms with Gasteiger partial charge in [-0.3, -0.25) is 4.79 Å². The topological polar surface area (TPSA) is 40.5 Å². The van der Waals surface area contributed by atoms with Crippen LogP contribution < -0.4 is 0 Å². The van der Waals surface area contributed by atoms with Crippen molar-refractivity contribution in [2.24, 2.45) is 0 Å². The van der Waals surface area contributed by atoms with Gasteiger partial charge in [-0.2, -0.15) is 12.6 Å². The molecule has 0 heterocycles. The van der Waals surface area contributed by atoms with Crippen LogP contribution in [0.5, 0.6) is 0 Å². The third-order valence-corrected chi connectivity index (χ3v) is 1.92. The molecule has 64 valence electrons. The number of carboxylic acid groups (broad SMARTS) is 1. The predicted molar refractivity (Wildman–Crippen MR) is 51.2 cm³/mol. The number of carboxylic acids is 1. The summed E-state index contributed by atoms with van der Waals surface area (Å²) in [7, 11) is 0. The molecule has 0 aliphatic heterocycles. The van der Waals surface area contributed by atoms with Crippen LogP contribution in [0.3, 0.4) is 0 Å². The van der Waals surface area contributed by atoms with Crippen LogP contribution in [0.25, 0.3) is 0 Å². The quantitative estimate of drug-likeness (QED) is 0.445. The number of aliphatic carboxylic acids is 1. The summed E-state index contributed by atoms with van der Waals surface area (Å²) in [5.41, 5.74) is 0. The average Bonchev–Trinajstić information content (AvgIpc) is 1.88. The van der Waals surface area contributed by atoms with E-state index in [0.29, 0.717) is 6.54 Å². The maximum atomic E-state index is 10.5. The van der Waals surface area contributed by atoms with Crippen molar-refractivity contribution in [1.29, 1.82) is 0 Å². The number of nitrogens with zero attached hydrogens (tertiary/aromatic N) is 1. The van der Waals surface area contributed by atoms with Crippen molar-refractivity contribution in [2.75, 3.05) is 12.3 Å². The normalized spacial score (nSPS) is 13.0. The summed E-state index contributed by atoms with van der Waals surface area (Å²) in [6.07, 6.45) is 1.59. The Morgan fingerprint density at radius 2 is 2.36 bits per heavy atom. The minimum Gasteiger partial charge on any atom is -0.480 e. The molecule has 11 heavy (non-hydrogen) atoms. The standard InChI is InChI=1S/C6H11NO2S2/c1-2-3-7(11)5(4-10)6(8)9/h2,5,10-11H,1,3-4H2,(H,8,9)/t5-/m0/s1. The summed E-state index contributed by atoms with van der Waals surface area (Å²) in [5.74, 6) is -0.677. The Balaban J connectivity index is 4.01. The summed E-state index contributed by atoms with van der Waals surface area (Å²) >= 11 is 7.84. The zero-order valence-electron chi connectivity index (χ0n) is 5.97. The van der Waals surface area contributed by atoms with Crippen LogP contribution in [0.2, 0.25) is 0 Å². The Morgan fingerprint density at radius 1 is 1.82 bits per heavy atom. The minimum atomic E-state index is -0.920.